The van der Waals surface area contributed by atoms with Crippen molar-refractivity contribution in [2.45, 2.75) is 0 Å². The van der Waals surface area contributed by atoms with Gasteiger partial charge >= 0.3 is 99.8 Å². The Morgan fingerprint density at radius 3 is 1.00 bits per heavy atom. The molecule has 0 aliphatic heterocycles. The standard InChI is InChI=1S/Bi.Cd.Ce.Co.Cr.Cu.Fe.Ga.Ir.K.Li.Mn.Mo.Na.Ni.Pb.Pd.Pt.Rh.Sn.Ta.Th.V.W.Yb.3H. The zero-order valence-electron chi connectivity index (χ0n) is 9.10. The van der Waals surface area contributed by atoms with Gasteiger partial charge in [-0.15, -0.1) is 0 Å². The molecule has 0 rings (SSSR count). The molecule has 0 amide bonds. The molecule has 0 heterocycles. The van der Waals surface area contributed by atoms with Crippen LogP contribution in [0.2, 0.25) is 0 Å². The third kappa shape index (κ3) is 194. The maximum absolute atomic E-state index is 0. The zero-order valence-corrected chi connectivity index (χ0v) is 58.7. The summed E-state index contributed by atoms with van der Waals surface area (Å²) in [6.07, 6.45) is 0. The van der Waals surface area contributed by atoms with Gasteiger partial charge in [0.1, 0.15) is 0 Å². The van der Waals surface area contributed by atoms with Crippen LogP contribution < -0.4 is 0 Å². The maximum atomic E-state index is 0. The smallest absolute Gasteiger partial charge is 0 e. The molecule has 25 heavy (non-hydrogen) atoms. The Morgan fingerprint density at radius 2 is 1.00 bits per heavy atom. The summed E-state index contributed by atoms with van der Waals surface area (Å²) in [5.74, 6) is 0. The SMILES string of the molecule is [Bi].[Cd].[Ce].[Co].[Cr].[Cu].[Fe].[Ga].[Ir].[KH].[LiH].[Mn].[Mo].[NaH].[Ni].[Pb].[Pd].[Pt].[Rh].[Sn].[Ta].[Th].[V].[W].[Yb]. The second-order valence-electron chi connectivity index (χ2n) is 0. The van der Waals surface area contributed by atoms with Crippen LogP contribution in [0.4, 0.5) is 0 Å². The van der Waals surface area contributed by atoms with Gasteiger partial charge in [-0.05, 0) is 0 Å². The van der Waals surface area contributed by atoms with Crippen molar-refractivity contribution in [3.63, 3.8) is 0 Å². The van der Waals surface area contributed by atoms with Gasteiger partial charge < -0.3 is 0 Å². The van der Waals surface area contributed by atoms with E-state index in [1.165, 1.54) is 0 Å². The van der Waals surface area contributed by atoms with Gasteiger partial charge in [0.05, 0.1) is 0 Å². The van der Waals surface area contributed by atoms with Crippen molar-refractivity contribution < 1.29 is 422 Å². The first-order valence-corrected chi connectivity index (χ1v) is 0. The van der Waals surface area contributed by atoms with E-state index >= 15 is 0 Å². The molecular formula is H3BiCdCeCoCrCuFeGaIrKLiMnMoNaNiPbPdPtRhSnTaThVWYb. The second-order valence-corrected chi connectivity index (χ2v) is 0. The topological polar surface area (TPSA) is 0 Å². The van der Waals surface area contributed by atoms with E-state index in [2.05, 4.69) is 0 Å². The first-order chi connectivity index (χ1) is 0. The molecule has 0 bridgehead atoms. The van der Waals surface area contributed by atoms with E-state index < -0.39 is 0 Å². The molecule has 25 heteroatoms. The molecule has 0 aliphatic rings. The van der Waals surface area contributed by atoms with Crippen molar-refractivity contribution in [1.82, 2.24) is 0 Å². The summed E-state index contributed by atoms with van der Waals surface area (Å²) in [4.78, 5) is 0. The Bertz CT molecular complexity index is 116. The van der Waals surface area contributed by atoms with E-state index in [4.69, 9.17) is 0 Å². The maximum Gasteiger partial charge on any atom is 0 e. The zero-order chi connectivity index (χ0) is 0. The summed E-state index contributed by atoms with van der Waals surface area (Å²) < 4.78 is 0. The number of rotatable bonds is 0. The largest absolute Gasteiger partial charge is 0 e. The van der Waals surface area contributed by atoms with Gasteiger partial charge in [-0.25, -0.2) is 0 Å². The van der Waals surface area contributed by atoms with Gasteiger partial charge in [-0.2, -0.15) is 0 Å². The fraction of sp³-hybridized carbons (Fsp3) is 0. The van der Waals surface area contributed by atoms with Crippen LogP contribution in [0.25, 0.3) is 0 Å². The average molecular weight is 2790 g/mol. The summed E-state index contributed by atoms with van der Waals surface area (Å²) in [5.41, 5.74) is 0. The normalized spacial score (nSPS) is 0. The first-order valence-electron chi connectivity index (χ1n) is 0. The molecule has 21 radical (unpaired) electrons. The Balaban J connectivity index is 0. The van der Waals surface area contributed by atoms with E-state index in [-0.39, 0.29) is 619 Å². The van der Waals surface area contributed by atoms with Gasteiger partial charge in [0, 0.05) is 519 Å². The molecule has 0 aliphatic carbocycles. The summed E-state index contributed by atoms with van der Waals surface area (Å²) in [6, 6.07) is 0. The molecule has 0 atom stereocenters. The fourth-order valence-electron chi connectivity index (χ4n) is 0. The minimum absolute atomic E-state index is 0. The molecule has 0 aromatic heterocycles. The average Bonchev–Trinajstić information content (AvgIpc) is 0. The van der Waals surface area contributed by atoms with Gasteiger partial charge in [0.2, 0.25) is 0 Å². The predicted molar refractivity (Wildman–Crippen MR) is 44.5 cm³/mol. The van der Waals surface area contributed by atoms with Crippen molar-refractivity contribution in [1.29, 1.82) is 0 Å². The van der Waals surface area contributed by atoms with E-state index in [1.54, 1.807) is 0 Å². The molecular weight excluding hydrogens is 2780 g/mol. The van der Waals surface area contributed by atoms with Crippen LogP contribution in [0.5, 0.6) is 0 Å². The van der Waals surface area contributed by atoms with Gasteiger partial charge in [0.25, 0.3) is 0 Å². The minimum atomic E-state index is 0. The Labute approximate surface area is 598 Å². The van der Waals surface area contributed by atoms with Crippen molar-refractivity contribution in [2.75, 3.05) is 0 Å². The van der Waals surface area contributed by atoms with E-state index in [1.807, 2.05) is 0 Å². The fourth-order valence-corrected chi connectivity index (χ4v) is 0. The van der Waals surface area contributed by atoms with E-state index in [9.17, 15) is 0 Å². The van der Waals surface area contributed by atoms with Crippen molar-refractivity contribution >= 4 is 197 Å². The minimum Gasteiger partial charge on any atom is 0 e. The number of hydrogen-bond donors (Lipinski definition) is 0. The molecule has 0 saturated heterocycles. The molecule has 0 aromatic rings. The summed E-state index contributed by atoms with van der Waals surface area (Å²) in [7, 11) is 0. The van der Waals surface area contributed by atoms with Crippen LogP contribution in [0.1, 0.15) is 0 Å². The molecule has 0 unspecified atom stereocenters. The summed E-state index contributed by atoms with van der Waals surface area (Å²) in [5, 5.41) is 0. The Morgan fingerprint density at radius 1 is 1.00 bits per heavy atom. The van der Waals surface area contributed by atoms with Gasteiger partial charge in [-0.3, -0.25) is 0 Å². The van der Waals surface area contributed by atoms with Crippen molar-refractivity contribution in [2.24, 2.45) is 0 Å². The summed E-state index contributed by atoms with van der Waals surface area (Å²) in [6.45, 7) is 0. The Kier molecular flexibility index (Phi) is 1770. The quantitative estimate of drug-likeness (QED) is 0.222. The molecule has 0 fully saturated rings. The van der Waals surface area contributed by atoms with E-state index in [0.717, 1.165) is 0 Å². The third-order valence-electron chi connectivity index (χ3n) is 0. The molecule has 0 aromatic carbocycles. The third-order valence-corrected chi connectivity index (χ3v) is 0. The molecule has 0 N–H and O–H groups in total. The molecule has 0 saturated carbocycles. The van der Waals surface area contributed by atoms with Crippen LogP contribution in [0, 0.1) is 129 Å². The van der Waals surface area contributed by atoms with Crippen molar-refractivity contribution in [3.05, 3.63) is 0 Å². The predicted octanol–water partition coefficient (Wildman–Crippen LogP) is -3.51. The summed E-state index contributed by atoms with van der Waals surface area (Å²) >= 11 is 0. The van der Waals surface area contributed by atoms with Crippen LogP contribution in [-0.4, -0.2) is 197 Å². The van der Waals surface area contributed by atoms with E-state index in [0.29, 0.717) is 0 Å². The molecule has 157 valence electrons. The first kappa shape index (κ1) is 218. The van der Waals surface area contributed by atoms with Crippen LogP contribution in [0.3, 0.4) is 0 Å². The van der Waals surface area contributed by atoms with Crippen LogP contribution in [-0.2, 0) is 293 Å². The molecule has 0 nitrogen and oxygen atoms in total. The second kappa shape index (κ2) is 203. The van der Waals surface area contributed by atoms with Crippen molar-refractivity contribution in [3.8, 4) is 0 Å². The Hall–Kier alpha value is 20.0. The molecule has 0 spiro atoms. The van der Waals surface area contributed by atoms with Gasteiger partial charge in [-0.1, -0.05) is 0 Å². The van der Waals surface area contributed by atoms with Crippen LogP contribution >= 0.6 is 0 Å². The number of hydrogen-bond acceptors (Lipinski definition) is 0. The monoisotopic (exact) mass is 2790 g/mol. The van der Waals surface area contributed by atoms with Gasteiger partial charge in [0.15, 0.2) is 0 Å². The van der Waals surface area contributed by atoms with Crippen LogP contribution in [0.15, 0.2) is 0 Å².